The number of carbonyl (C=O) groups is 2. The van der Waals surface area contributed by atoms with Crippen LogP contribution in [-0.4, -0.2) is 31.3 Å². The van der Waals surface area contributed by atoms with Crippen molar-refractivity contribution in [3.63, 3.8) is 0 Å². The van der Waals surface area contributed by atoms with Crippen molar-refractivity contribution >= 4 is 11.9 Å². The van der Waals surface area contributed by atoms with Crippen LogP contribution in [0, 0.1) is 11.3 Å². The van der Waals surface area contributed by atoms with Crippen LogP contribution < -0.4 is 0 Å². The third-order valence-corrected chi connectivity index (χ3v) is 6.52. The molecule has 0 unspecified atom stereocenters. The molecule has 5 nitrogen and oxygen atoms in total. The molecule has 25 heavy (non-hydrogen) atoms. The molecule has 3 rings (SSSR count). The average molecular weight is 346 g/mol. The summed E-state index contributed by atoms with van der Waals surface area (Å²) in [5.41, 5.74) is 1.52. The molecule has 1 fully saturated rings. The van der Waals surface area contributed by atoms with Crippen molar-refractivity contribution in [1.82, 2.24) is 0 Å². The van der Waals surface area contributed by atoms with E-state index in [4.69, 9.17) is 9.47 Å². The van der Waals surface area contributed by atoms with Crippen LogP contribution in [0.5, 0.6) is 5.75 Å². The summed E-state index contributed by atoms with van der Waals surface area (Å²) >= 11 is 0. The smallest absolute Gasteiger partial charge is 0.338 e. The Bertz CT molecular complexity index is 725. The Morgan fingerprint density at radius 1 is 1.16 bits per heavy atom. The quantitative estimate of drug-likeness (QED) is 0.831. The summed E-state index contributed by atoms with van der Waals surface area (Å²) in [6, 6.07) is 3.24. The van der Waals surface area contributed by atoms with Gasteiger partial charge in [-0.15, -0.1) is 0 Å². The maximum atomic E-state index is 12.5. The Balaban J connectivity index is 2.16. The molecule has 0 heterocycles. The Morgan fingerprint density at radius 2 is 1.88 bits per heavy atom. The molecule has 2 aliphatic carbocycles. The molecule has 1 aromatic rings. The van der Waals surface area contributed by atoms with E-state index in [9.17, 15) is 14.7 Å². The van der Waals surface area contributed by atoms with E-state index in [0.717, 1.165) is 36.8 Å². The van der Waals surface area contributed by atoms with Gasteiger partial charge in [-0.1, -0.05) is 13.3 Å². The van der Waals surface area contributed by atoms with E-state index in [0.29, 0.717) is 12.0 Å². The molecular formula is C20H26O5. The number of benzene rings is 1. The molecule has 3 atom stereocenters. The van der Waals surface area contributed by atoms with Crippen molar-refractivity contribution < 1.29 is 24.2 Å². The number of methoxy groups -OCH3 is 2. The van der Waals surface area contributed by atoms with Gasteiger partial charge >= 0.3 is 11.9 Å². The lowest BCUT2D eigenvalue weighted by molar-refractivity contribution is -0.161. The fourth-order valence-electron chi connectivity index (χ4n) is 5.33. The molecule has 1 aromatic carbocycles. The topological polar surface area (TPSA) is 72.8 Å². The molecule has 5 heteroatoms. The molecule has 0 aromatic heterocycles. The lowest BCUT2D eigenvalue weighted by atomic mass is 9.49. The predicted octanol–water partition coefficient (Wildman–Crippen LogP) is 3.36. The highest BCUT2D eigenvalue weighted by molar-refractivity contribution is 5.92. The number of fused-ring (bicyclic) bond motifs is 3. The number of rotatable bonds is 2. The molecule has 0 radical (unpaired) electrons. The van der Waals surface area contributed by atoms with Gasteiger partial charge in [0.05, 0.1) is 25.2 Å². The summed E-state index contributed by atoms with van der Waals surface area (Å²) in [7, 11) is 2.79. The normalized spacial score (nSPS) is 30.8. The number of carbonyl (C=O) groups excluding carboxylic acids is 2. The van der Waals surface area contributed by atoms with Gasteiger partial charge in [-0.2, -0.15) is 0 Å². The van der Waals surface area contributed by atoms with Crippen LogP contribution in [0.4, 0.5) is 0 Å². The molecule has 0 saturated heterocycles. The molecule has 2 aliphatic rings. The fourth-order valence-corrected chi connectivity index (χ4v) is 5.33. The Kier molecular flexibility index (Phi) is 4.30. The molecule has 1 N–H and O–H groups in total. The van der Waals surface area contributed by atoms with E-state index in [2.05, 4.69) is 6.92 Å². The first-order chi connectivity index (χ1) is 11.8. The second-order valence-electron chi connectivity index (χ2n) is 7.78. The lowest BCUT2D eigenvalue weighted by Crippen LogP contribution is -2.52. The first-order valence-electron chi connectivity index (χ1n) is 8.81. The largest absolute Gasteiger partial charge is 0.508 e. The van der Waals surface area contributed by atoms with Gasteiger partial charge in [0.25, 0.3) is 0 Å². The molecular weight excluding hydrogens is 320 g/mol. The minimum Gasteiger partial charge on any atom is -0.508 e. The number of phenolic OH excluding ortho intramolecular Hbond substituents is 1. The number of ether oxygens (including phenoxy) is 2. The van der Waals surface area contributed by atoms with Crippen LogP contribution in [0.15, 0.2) is 12.1 Å². The minimum absolute atomic E-state index is 0.0615. The summed E-state index contributed by atoms with van der Waals surface area (Å²) in [6.45, 7) is 4.15. The predicted molar refractivity (Wildman–Crippen MR) is 92.6 cm³/mol. The van der Waals surface area contributed by atoms with Crippen LogP contribution in [0.25, 0.3) is 0 Å². The SMILES string of the molecule is COC(=O)c1cc(O)cc2c1CC[C@H]1[C@@](C)(C(=O)OC)CCC[C@]21C. The van der Waals surface area contributed by atoms with Gasteiger partial charge in [-0.05, 0) is 67.2 Å². The maximum Gasteiger partial charge on any atom is 0.338 e. The molecule has 0 bridgehead atoms. The van der Waals surface area contributed by atoms with E-state index in [1.54, 1.807) is 6.07 Å². The second kappa shape index (κ2) is 6.04. The molecule has 1 saturated carbocycles. The Hall–Kier alpha value is -2.04. The number of aromatic hydroxyl groups is 1. The highest BCUT2D eigenvalue weighted by Crippen LogP contribution is 2.58. The van der Waals surface area contributed by atoms with Crippen molar-refractivity contribution in [2.75, 3.05) is 14.2 Å². The van der Waals surface area contributed by atoms with Crippen molar-refractivity contribution in [3.8, 4) is 5.75 Å². The number of hydrogen-bond acceptors (Lipinski definition) is 5. The van der Waals surface area contributed by atoms with Crippen molar-refractivity contribution in [2.45, 2.75) is 51.4 Å². The van der Waals surface area contributed by atoms with Gasteiger partial charge in [0, 0.05) is 0 Å². The fraction of sp³-hybridized carbons (Fsp3) is 0.600. The third-order valence-electron chi connectivity index (χ3n) is 6.52. The first-order valence-corrected chi connectivity index (χ1v) is 8.81. The van der Waals surface area contributed by atoms with Gasteiger partial charge in [0.15, 0.2) is 0 Å². The van der Waals surface area contributed by atoms with Gasteiger partial charge in [-0.3, -0.25) is 4.79 Å². The third kappa shape index (κ3) is 2.52. The van der Waals surface area contributed by atoms with Gasteiger partial charge in [0.2, 0.25) is 0 Å². The van der Waals surface area contributed by atoms with Crippen molar-refractivity contribution in [1.29, 1.82) is 0 Å². The monoisotopic (exact) mass is 346 g/mol. The van der Waals surface area contributed by atoms with Crippen LogP contribution in [0.3, 0.4) is 0 Å². The van der Waals surface area contributed by atoms with E-state index in [-0.39, 0.29) is 23.1 Å². The Labute approximate surface area is 148 Å². The van der Waals surface area contributed by atoms with E-state index < -0.39 is 11.4 Å². The summed E-state index contributed by atoms with van der Waals surface area (Å²) in [5, 5.41) is 10.2. The molecule has 0 aliphatic heterocycles. The number of hydrogen-bond donors (Lipinski definition) is 1. The average Bonchev–Trinajstić information content (AvgIpc) is 2.59. The summed E-state index contributed by atoms with van der Waals surface area (Å²) in [6.07, 6.45) is 4.12. The maximum absolute atomic E-state index is 12.5. The van der Waals surface area contributed by atoms with Gasteiger partial charge < -0.3 is 14.6 Å². The van der Waals surface area contributed by atoms with Crippen molar-refractivity contribution in [2.24, 2.45) is 11.3 Å². The first kappa shape index (κ1) is 17.8. The number of phenols is 1. The molecule has 136 valence electrons. The zero-order chi connectivity index (χ0) is 18.4. The zero-order valence-electron chi connectivity index (χ0n) is 15.3. The highest BCUT2D eigenvalue weighted by atomic mass is 16.5. The van der Waals surface area contributed by atoms with Gasteiger partial charge in [-0.25, -0.2) is 4.79 Å². The minimum atomic E-state index is -0.545. The van der Waals surface area contributed by atoms with Crippen molar-refractivity contribution in [3.05, 3.63) is 28.8 Å². The zero-order valence-corrected chi connectivity index (χ0v) is 15.3. The second-order valence-corrected chi connectivity index (χ2v) is 7.78. The highest BCUT2D eigenvalue weighted by Gasteiger charge is 2.56. The summed E-state index contributed by atoms with van der Waals surface area (Å²) in [5.74, 6) is -0.423. The van der Waals surface area contributed by atoms with Crippen LogP contribution in [0.2, 0.25) is 0 Å². The number of esters is 2. The molecule has 0 amide bonds. The molecule has 0 spiro atoms. The van der Waals surface area contributed by atoms with E-state index in [1.807, 2.05) is 6.92 Å². The standard InChI is InChI=1S/C20H26O5/c1-19-8-5-9-20(2,18(23)25-4)16(19)7-6-13-14(17(22)24-3)10-12(21)11-15(13)19/h10-11,16,21H,5-9H2,1-4H3/t16-,19-,20+/m1/s1. The van der Waals surface area contributed by atoms with Crippen LogP contribution >= 0.6 is 0 Å². The van der Waals surface area contributed by atoms with E-state index in [1.165, 1.54) is 20.3 Å². The van der Waals surface area contributed by atoms with Crippen LogP contribution in [-0.2, 0) is 26.1 Å². The van der Waals surface area contributed by atoms with E-state index >= 15 is 0 Å². The summed E-state index contributed by atoms with van der Waals surface area (Å²) in [4.78, 5) is 24.7. The van der Waals surface area contributed by atoms with Gasteiger partial charge in [0.1, 0.15) is 5.75 Å². The lowest BCUT2D eigenvalue weighted by Gasteiger charge is -2.54. The summed E-state index contributed by atoms with van der Waals surface area (Å²) < 4.78 is 10.0. The van der Waals surface area contributed by atoms with Crippen LogP contribution in [0.1, 0.15) is 61.0 Å². The Morgan fingerprint density at radius 3 is 2.52 bits per heavy atom.